The molecule has 0 fully saturated rings. The van der Waals surface area contributed by atoms with Crippen LogP contribution in [0.2, 0.25) is 0 Å². The highest BCUT2D eigenvalue weighted by Crippen LogP contribution is 2.09. The summed E-state index contributed by atoms with van der Waals surface area (Å²) >= 11 is 0. The summed E-state index contributed by atoms with van der Waals surface area (Å²) in [5.74, 6) is 0.682. The predicted molar refractivity (Wildman–Crippen MR) is 69.9 cm³/mol. The van der Waals surface area contributed by atoms with E-state index in [2.05, 4.69) is 57.9 Å². The Kier molecular flexibility index (Phi) is 8.17. The van der Waals surface area contributed by atoms with Gasteiger partial charge in [-0.15, -0.1) is 0 Å². The molecule has 0 aliphatic heterocycles. The zero-order valence-electron chi connectivity index (χ0n) is 11.1. The fourth-order valence-corrected chi connectivity index (χ4v) is 1.43. The van der Waals surface area contributed by atoms with E-state index in [0.29, 0.717) is 5.92 Å². The highest BCUT2D eigenvalue weighted by molar-refractivity contribution is 4.94. The highest BCUT2D eigenvalue weighted by atomic mass is 15.1. The first-order valence-electron chi connectivity index (χ1n) is 6.15. The molecule has 0 amide bonds. The lowest BCUT2D eigenvalue weighted by atomic mass is 10.0. The third kappa shape index (κ3) is 8.29. The summed E-state index contributed by atoms with van der Waals surface area (Å²) in [5, 5.41) is 0. The van der Waals surface area contributed by atoms with E-state index in [9.17, 15) is 0 Å². The summed E-state index contributed by atoms with van der Waals surface area (Å²) in [6, 6.07) is 0. The van der Waals surface area contributed by atoms with Crippen LogP contribution < -0.4 is 0 Å². The second kappa shape index (κ2) is 8.58. The Morgan fingerprint density at radius 3 is 2.27 bits per heavy atom. The first kappa shape index (κ1) is 14.3. The molecular weight excluding hydrogens is 182 g/mol. The van der Waals surface area contributed by atoms with Gasteiger partial charge in [-0.1, -0.05) is 24.6 Å². The van der Waals surface area contributed by atoms with Gasteiger partial charge in [-0.25, -0.2) is 0 Å². The summed E-state index contributed by atoms with van der Waals surface area (Å²) in [7, 11) is 0. The normalized spacial score (nSPS) is 12.9. The average Bonchev–Trinajstić information content (AvgIpc) is 2.18. The molecule has 1 atom stereocenters. The van der Waals surface area contributed by atoms with Crippen LogP contribution in [0, 0.1) is 5.92 Å². The van der Waals surface area contributed by atoms with Gasteiger partial charge in [-0.3, -0.25) is 0 Å². The number of hydrogen-bond donors (Lipinski definition) is 0. The summed E-state index contributed by atoms with van der Waals surface area (Å²) in [5.41, 5.74) is 1.43. The van der Waals surface area contributed by atoms with Crippen molar-refractivity contribution >= 4 is 0 Å². The lowest BCUT2D eigenvalue weighted by Crippen LogP contribution is -2.15. The minimum absolute atomic E-state index is 0.682. The molecule has 0 aromatic heterocycles. The molecule has 0 radical (unpaired) electrons. The second-order valence-corrected chi connectivity index (χ2v) is 4.40. The average molecular weight is 209 g/mol. The maximum absolute atomic E-state index is 2.33. The quantitative estimate of drug-likeness (QED) is 0.567. The molecule has 15 heavy (non-hydrogen) atoms. The lowest BCUT2D eigenvalue weighted by Gasteiger charge is -2.15. The Hall–Kier alpha value is -0.720. The van der Waals surface area contributed by atoms with Crippen molar-refractivity contribution in [3.63, 3.8) is 0 Å². The third-order valence-electron chi connectivity index (χ3n) is 2.61. The first-order chi connectivity index (χ1) is 7.10. The van der Waals surface area contributed by atoms with Crippen LogP contribution in [0.25, 0.3) is 0 Å². The highest BCUT2D eigenvalue weighted by Gasteiger charge is 1.96. The minimum Gasteiger partial charge on any atom is -0.378 e. The van der Waals surface area contributed by atoms with Gasteiger partial charge < -0.3 is 4.90 Å². The van der Waals surface area contributed by atoms with Gasteiger partial charge in [0.25, 0.3) is 0 Å². The molecular formula is C14H27N. The molecule has 0 spiro atoms. The molecule has 0 heterocycles. The largest absolute Gasteiger partial charge is 0.378 e. The van der Waals surface area contributed by atoms with E-state index in [1.165, 1.54) is 18.4 Å². The van der Waals surface area contributed by atoms with E-state index < -0.39 is 0 Å². The van der Waals surface area contributed by atoms with E-state index >= 15 is 0 Å². The van der Waals surface area contributed by atoms with Gasteiger partial charge in [0.15, 0.2) is 0 Å². The van der Waals surface area contributed by atoms with E-state index in [0.717, 1.165) is 13.1 Å². The molecule has 0 aliphatic rings. The zero-order valence-corrected chi connectivity index (χ0v) is 11.1. The Balaban J connectivity index is 3.81. The maximum atomic E-state index is 2.33. The van der Waals surface area contributed by atoms with Crippen LogP contribution in [0.1, 0.15) is 47.5 Å². The Morgan fingerprint density at radius 2 is 1.80 bits per heavy atom. The van der Waals surface area contributed by atoms with Crippen LogP contribution in [0.4, 0.5) is 0 Å². The number of hydrogen-bond acceptors (Lipinski definition) is 1. The molecule has 0 N–H and O–H groups in total. The van der Waals surface area contributed by atoms with Gasteiger partial charge >= 0.3 is 0 Å². The van der Waals surface area contributed by atoms with Gasteiger partial charge in [0.1, 0.15) is 0 Å². The van der Waals surface area contributed by atoms with Crippen LogP contribution in [0.3, 0.4) is 0 Å². The fraction of sp³-hybridized carbons (Fsp3) is 0.714. The topological polar surface area (TPSA) is 3.24 Å². The van der Waals surface area contributed by atoms with Gasteiger partial charge in [0.05, 0.1) is 0 Å². The Morgan fingerprint density at radius 1 is 1.20 bits per heavy atom. The van der Waals surface area contributed by atoms with Crippen molar-refractivity contribution in [1.82, 2.24) is 4.90 Å². The molecule has 0 aliphatic carbocycles. The van der Waals surface area contributed by atoms with Gasteiger partial charge in [0, 0.05) is 13.1 Å². The second-order valence-electron chi connectivity index (χ2n) is 4.40. The Labute approximate surface area is 95.9 Å². The van der Waals surface area contributed by atoms with E-state index in [4.69, 9.17) is 0 Å². The van der Waals surface area contributed by atoms with Gasteiger partial charge in [0.2, 0.25) is 0 Å². The van der Waals surface area contributed by atoms with Crippen molar-refractivity contribution < 1.29 is 0 Å². The summed E-state index contributed by atoms with van der Waals surface area (Å²) < 4.78 is 0. The number of allylic oxidation sites excluding steroid dienone is 3. The van der Waals surface area contributed by atoms with E-state index in [1.54, 1.807) is 0 Å². The molecule has 0 rings (SSSR count). The summed E-state index contributed by atoms with van der Waals surface area (Å²) in [6.07, 6.45) is 9.34. The number of rotatable bonds is 7. The molecule has 1 heteroatoms. The molecule has 0 unspecified atom stereocenters. The molecule has 88 valence electrons. The van der Waals surface area contributed by atoms with Crippen molar-refractivity contribution in [1.29, 1.82) is 0 Å². The predicted octanol–water partition coefficient (Wildman–Crippen LogP) is 4.22. The Bertz CT molecular complexity index is 195. The fourth-order valence-electron chi connectivity index (χ4n) is 1.43. The number of nitrogens with zero attached hydrogens (tertiary/aromatic N) is 1. The van der Waals surface area contributed by atoms with Gasteiger partial charge in [-0.2, -0.15) is 0 Å². The smallest absolute Gasteiger partial charge is 0.0143 e. The molecule has 0 aromatic rings. The van der Waals surface area contributed by atoms with Crippen LogP contribution in [-0.4, -0.2) is 18.0 Å². The summed E-state index contributed by atoms with van der Waals surface area (Å²) in [4.78, 5) is 2.33. The molecule has 0 saturated heterocycles. The van der Waals surface area contributed by atoms with Crippen LogP contribution in [-0.2, 0) is 0 Å². The third-order valence-corrected chi connectivity index (χ3v) is 2.61. The summed E-state index contributed by atoms with van der Waals surface area (Å²) in [6.45, 7) is 13.2. The van der Waals surface area contributed by atoms with Crippen LogP contribution in [0.15, 0.2) is 23.9 Å². The first-order valence-corrected chi connectivity index (χ1v) is 6.15. The van der Waals surface area contributed by atoms with Crippen molar-refractivity contribution in [3.8, 4) is 0 Å². The van der Waals surface area contributed by atoms with E-state index in [1.807, 2.05) is 0 Å². The molecule has 0 saturated carbocycles. The van der Waals surface area contributed by atoms with Crippen LogP contribution >= 0.6 is 0 Å². The maximum Gasteiger partial charge on any atom is 0.0143 e. The lowest BCUT2D eigenvalue weighted by molar-refractivity contribution is 0.414. The van der Waals surface area contributed by atoms with Crippen LogP contribution in [0.5, 0.6) is 0 Å². The minimum atomic E-state index is 0.682. The van der Waals surface area contributed by atoms with Crippen molar-refractivity contribution in [3.05, 3.63) is 23.9 Å². The monoisotopic (exact) mass is 209 g/mol. The van der Waals surface area contributed by atoms with Gasteiger partial charge in [-0.05, 0) is 52.7 Å². The van der Waals surface area contributed by atoms with Crippen molar-refractivity contribution in [2.24, 2.45) is 5.92 Å². The molecule has 1 nitrogen and oxygen atoms in total. The van der Waals surface area contributed by atoms with Crippen molar-refractivity contribution in [2.75, 3.05) is 13.1 Å². The molecule has 0 aromatic carbocycles. The standard InChI is InChI=1S/C14H27N/c1-6-15(7-2)12-11-14(5)10-8-9-13(3)4/h9,11-12,14H,6-8,10H2,1-5H3/b12-11+/t14-/m1/s1. The van der Waals surface area contributed by atoms with Crippen molar-refractivity contribution in [2.45, 2.75) is 47.5 Å². The molecule has 0 bridgehead atoms. The SMILES string of the molecule is CCN(/C=C/[C@H](C)CCC=C(C)C)CC. The zero-order chi connectivity index (χ0) is 11.7. The van der Waals surface area contributed by atoms with E-state index in [-0.39, 0.29) is 0 Å².